The molecule has 2 rings (SSSR count). The van der Waals surface area contributed by atoms with Gasteiger partial charge in [-0.25, -0.2) is 4.99 Å². The molecule has 1 heterocycles. The van der Waals surface area contributed by atoms with Crippen LogP contribution in [0.1, 0.15) is 46.1 Å². The van der Waals surface area contributed by atoms with Gasteiger partial charge in [0.1, 0.15) is 0 Å². The lowest BCUT2D eigenvalue weighted by molar-refractivity contribution is -0.0835. The van der Waals surface area contributed by atoms with Gasteiger partial charge in [0.25, 0.3) is 0 Å². The molecule has 1 aliphatic rings. The van der Waals surface area contributed by atoms with Crippen molar-refractivity contribution in [2.75, 3.05) is 33.9 Å². The first-order valence-electron chi connectivity index (χ1n) is 10.2. The van der Waals surface area contributed by atoms with E-state index in [0.717, 1.165) is 49.1 Å². The summed E-state index contributed by atoms with van der Waals surface area (Å²) >= 11 is 0. The molecule has 7 heteroatoms. The average molecular weight is 519 g/mol. The molecule has 0 aromatic heterocycles. The zero-order valence-electron chi connectivity index (χ0n) is 18.7. The van der Waals surface area contributed by atoms with Crippen LogP contribution in [0.25, 0.3) is 0 Å². The van der Waals surface area contributed by atoms with Gasteiger partial charge >= 0.3 is 0 Å². The summed E-state index contributed by atoms with van der Waals surface area (Å²) in [4.78, 5) is 4.74. The van der Waals surface area contributed by atoms with Gasteiger partial charge in [0, 0.05) is 25.6 Å². The molecule has 2 atom stereocenters. The summed E-state index contributed by atoms with van der Waals surface area (Å²) in [5.41, 5.74) is 1.21. The van der Waals surface area contributed by atoms with Crippen molar-refractivity contribution in [2.24, 2.45) is 16.3 Å². The molecule has 1 saturated heterocycles. The van der Waals surface area contributed by atoms with Gasteiger partial charge in [-0.1, -0.05) is 26.8 Å². The molecule has 0 saturated carbocycles. The predicted octanol–water partition coefficient (Wildman–Crippen LogP) is 4.22. The monoisotopic (exact) mass is 519 g/mol. The average Bonchev–Trinajstić information content (AvgIpc) is 2.69. The maximum atomic E-state index is 6.10. The molecule has 1 aromatic rings. The van der Waals surface area contributed by atoms with Crippen LogP contribution in [0.2, 0.25) is 0 Å². The fourth-order valence-electron chi connectivity index (χ4n) is 3.73. The summed E-state index contributed by atoms with van der Waals surface area (Å²) in [6.07, 6.45) is 2.57. The summed E-state index contributed by atoms with van der Waals surface area (Å²) in [6.45, 7) is 12.0. The van der Waals surface area contributed by atoms with Crippen molar-refractivity contribution < 1.29 is 14.2 Å². The quantitative estimate of drug-likeness (QED) is 0.321. The first-order chi connectivity index (χ1) is 13.4. The van der Waals surface area contributed by atoms with Crippen LogP contribution in [0, 0.1) is 11.3 Å². The Kier molecular flexibility index (Phi) is 11.1. The molecular weight excluding hydrogens is 481 g/mol. The normalized spacial score (nSPS) is 19.9. The number of benzene rings is 1. The van der Waals surface area contributed by atoms with E-state index >= 15 is 0 Å². The predicted molar refractivity (Wildman–Crippen MR) is 130 cm³/mol. The van der Waals surface area contributed by atoms with Crippen molar-refractivity contribution in [3.05, 3.63) is 23.8 Å². The zero-order chi connectivity index (χ0) is 20.6. The van der Waals surface area contributed by atoms with Crippen LogP contribution < -0.4 is 20.1 Å². The van der Waals surface area contributed by atoms with E-state index in [9.17, 15) is 0 Å². The Morgan fingerprint density at radius 1 is 1.17 bits per heavy atom. The van der Waals surface area contributed by atoms with Gasteiger partial charge in [-0.3, -0.25) is 0 Å². The van der Waals surface area contributed by atoms with Crippen LogP contribution in [-0.4, -0.2) is 46.0 Å². The molecule has 0 bridgehead atoms. The standard InChI is InChI=1S/C22H37N3O3.HI/c1-7-23-21(24-14-16-10-11-18(26-5)19(13-16)27-6)25-15-17-9-8-12-28-20(17)22(2,3)4;/h10-11,13,17,20H,7-9,12,14-15H2,1-6H3,(H2,23,24,25);1H. The highest BCUT2D eigenvalue weighted by molar-refractivity contribution is 14.0. The van der Waals surface area contributed by atoms with E-state index in [0.29, 0.717) is 12.5 Å². The molecular formula is C22H38IN3O3. The minimum atomic E-state index is 0. The fourth-order valence-corrected chi connectivity index (χ4v) is 3.73. The molecule has 0 spiro atoms. The molecule has 2 unspecified atom stereocenters. The number of ether oxygens (including phenoxy) is 3. The molecule has 0 amide bonds. The third kappa shape index (κ3) is 7.85. The van der Waals surface area contributed by atoms with E-state index in [1.165, 1.54) is 6.42 Å². The maximum Gasteiger partial charge on any atom is 0.191 e. The van der Waals surface area contributed by atoms with Crippen molar-refractivity contribution in [1.82, 2.24) is 10.6 Å². The van der Waals surface area contributed by atoms with E-state index in [4.69, 9.17) is 19.2 Å². The van der Waals surface area contributed by atoms with Crippen molar-refractivity contribution in [1.29, 1.82) is 0 Å². The van der Waals surface area contributed by atoms with E-state index in [2.05, 4.69) is 38.3 Å². The Bertz CT molecular complexity index is 647. The highest BCUT2D eigenvalue weighted by Crippen LogP contribution is 2.33. The number of hydrogen-bond donors (Lipinski definition) is 2. The number of methoxy groups -OCH3 is 2. The van der Waals surface area contributed by atoms with Crippen molar-refractivity contribution in [3.63, 3.8) is 0 Å². The van der Waals surface area contributed by atoms with Gasteiger partial charge in [0.2, 0.25) is 0 Å². The fraction of sp³-hybridized carbons (Fsp3) is 0.682. The lowest BCUT2D eigenvalue weighted by Crippen LogP contribution is -2.47. The molecule has 1 aromatic carbocycles. The molecule has 1 fully saturated rings. The molecule has 0 radical (unpaired) electrons. The largest absolute Gasteiger partial charge is 0.493 e. The number of nitrogens with one attached hydrogen (secondary N) is 2. The molecule has 29 heavy (non-hydrogen) atoms. The molecule has 0 aliphatic carbocycles. The molecule has 2 N–H and O–H groups in total. The van der Waals surface area contributed by atoms with Gasteiger partial charge in [0.15, 0.2) is 17.5 Å². The van der Waals surface area contributed by atoms with Gasteiger partial charge < -0.3 is 24.8 Å². The van der Waals surface area contributed by atoms with Crippen LogP contribution >= 0.6 is 24.0 Å². The molecule has 6 nitrogen and oxygen atoms in total. The van der Waals surface area contributed by atoms with Gasteiger partial charge in [0.05, 0.1) is 26.9 Å². The summed E-state index contributed by atoms with van der Waals surface area (Å²) < 4.78 is 16.8. The van der Waals surface area contributed by atoms with Crippen molar-refractivity contribution in [2.45, 2.75) is 53.2 Å². The third-order valence-electron chi connectivity index (χ3n) is 5.04. The number of halogens is 1. The van der Waals surface area contributed by atoms with E-state index in [1.807, 2.05) is 18.2 Å². The van der Waals surface area contributed by atoms with E-state index in [-0.39, 0.29) is 35.5 Å². The van der Waals surface area contributed by atoms with Gasteiger partial charge in [-0.2, -0.15) is 0 Å². The molecule has 166 valence electrons. The molecule has 1 aliphatic heterocycles. The number of hydrogen-bond acceptors (Lipinski definition) is 4. The minimum absolute atomic E-state index is 0. The summed E-state index contributed by atoms with van der Waals surface area (Å²) in [5.74, 6) is 2.76. The second-order valence-corrected chi connectivity index (χ2v) is 8.33. The lowest BCUT2D eigenvalue weighted by atomic mass is 9.78. The van der Waals surface area contributed by atoms with Crippen LogP contribution in [0.4, 0.5) is 0 Å². The third-order valence-corrected chi connectivity index (χ3v) is 5.04. The highest BCUT2D eigenvalue weighted by Gasteiger charge is 2.35. The Balaban J connectivity index is 0.00000420. The Morgan fingerprint density at radius 2 is 1.90 bits per heavy atom. The summed E-state index contributed by atoms with van der Waals surface area (Å²) in [6, 6.07) is 5.90. The second-order valence-electron chi connectivity index (χ2n) is 8.33. The highest BCUT2D eigenvalue weighted by atomic mass is 127. The first-order valence-corrected chi connectivity index (χ1v) is 10.2. The number of nitrogens with zero attached hydrogens (tertiary/aromatic N) is 1. The second kappa shape index (κ2) is 12.5. The minimum Gasteiger partial charge on any atom is -0.493 e. The number of aliphatic imine (C=N–C) groups is 1. The topological polar surface area (TPSA) is 64.1 Å². The Hall–Kier alpha value is -1.22. The summed E-state index contributed by atoms with van der Waals surface area (Å²) in [5, 5.41) is 6.86. The first kappa shape index (κ1) is 25.8. The van der Waals surface area contributed by atoms with Crippen LogP contribution in [0.3, 0.4) is 0 Å². The maximum absolute atomic E-state index is 6.10. The van der Waals surface area contributed by atoms with Crippen LogP contribution in [-0.2, 0) is 11.3 Å². The van der Waals surface area contributed by atoms with Crippen LogP contribution in [0.15, 0.2) is 23.2 Å². The van der Waals surface area contributed by atoms with Gasteiger partial charge in [-0.05, 0) is 42.9 Å². The zero-order valence-corrected chi connectivity index (χ0v) is 21.0. The Morgan fingerprint density at radius 3 is 2.52 bits per heavy atom. The van der Waals surface area contributed by atoms with Crippen LogP contribution in [0.5, 0.6) is 11.5 Å². The summed E-state index contributed by atoms with van der Waals surface area (Å²) in [7, 11) is 3.29. The van der Waals surface area contributed by atoms with Gasteiger partial charge in [-0.15, -0.1) is 24.0 Å². The van der Waals surface area contributed by atoms with E-state index < -0.39 is 0 Å². The smallest absolute Gasteiger partial charge is 0.191 e. The van der Waals surface area contributed by atoms with E-state index in [1.54, 1.807) is 14.2 Å². The van der Waals surface area contributed by atoms with Crippen molar-refractivity contribution in [3.8, 4) is 11.5 Å². The SMILES string of the molecule is CCNC(=NCc1ccc(OC)c(OC)c1)NCC1CCCOC1C(C)(C)C.I. The number of guanidine groups is 1. The lowest BCUT2D eigenvalue weighted by Gasteiger charge is -2.40. The van der Waals surface area contributed by atoms with Crippen molar-refractivity contribution >= 4 is 29.9 Å². The number of rotatable bonds is 7. The Labute approximate surface area is 193 Å².